The van der Waals surface area contributed by atoms with Crippen LogP contribution in [-0.4, -0.2) is 137 Å². The van der Waals surface area contributed by atoms with Crippen LogP contribution in [0.15, 0.2) is 132 Å². The third-order valence-electron chi connectivity index (χ3n) is 13.7. The van der Waals surface area contributed by atoms with E-state index in [1.54, 1.807) is 57.2 Å². The summed E-state index contributed by atoms with van der Waals surface area (Å²) in [5.41, 5.74) is 4.21. The van der Waals surface area contributed by atoms with Gasteiger partial charge in [0.2, 0.25) is 5.91 Å². The number of halogens is 4. The van der Waals surface area contributed by atoms with E-state index in [4.69, 9.17) is 14.2 Å². The molecule has 1 saturated heterocycles. The Labute approximate surface area is 463 Å². The third-order valence-corrected chi connectivity index (χ3v) is 13.7. The van der Waals surface area contributed by atoms with Crippen LogP contribution in [0.5, 0.6) is 0 Å². The molecule has 1 aliphatic carbocycles. The minimum absolute atomic E-state index is 0.00782. The van der Waals surface area contributed by atoms with Gasteiger partial charge in [0.05, 0.1) is 42.0 Å². The van der Waals surface area contributed by atoms with Gasteiger partial charge in [-0.2, -0.15) is 18.3 Å². The average Bonchev–Trinajstić information content (AvgIpc) is 4.02. The molecule has 420 valence electrons. The molecule has 3 heterocycles. The summed E-state index contributed by atoms with van der Waals surface area (Å²) in [5.74, 6) is -2.70. The molecule has 9 rings (SSSR count). The number of aromatic amines is 1. The van der Waals surface area contributed by atoms with Crippen LogP contribution in [0.4, 0.5) is 32.8 Å². The summed E-state index contributed by atoms with van der Waals surface area (Å²) in [6, 6.07) is 34.1. The van der Waals surface area contributed by atoms with Crippen LogP contribution < -0.4 is 16.2 Å². The number of pyridine rings is 1. The van der Waals surface area contributed by atoms with E-state index >= 15 is 4.39 Å². The predicted molar refractivity (Wildman–Crippen MR) is 293 cm³/mol. The molecule has 5 aromatic carbocycles. The summed E-state index contributed by atoms with van der Waals surface area (Å²) in [4.78, 5) is 89.2. The van der Waals surface area contributed by atoms with Crippen molar-refractivity contribution in [2.45, 2.75) is 51.3 Å². The number of alkyl halides is 3. The van der Waals surface area contributed by atoms with Crippen molar-refractivity contribution in [3.05, 3.63) is 183 Å². The first kappa shape index (κ1) is 56.7. The Morgan fingerprint density at radius 1 is 0.765 bits per heavy atom. The van der Waals surface area contributed by atoms with Crippen molar-refractivity contribution in [1.82, 2.24) is 35.2 Å². The molecule has 0 unspecified atom stereocenters. The quantitative estimate of drug-likeness (QED) is 0.0579. The van der Waals surface area contributed by atoms with E-state index in [0.717, 1.165) is 22.3 Å². The van der Waals surface area contributed by atoms with E-state index < -0.39 is 60.5 Å². The van der Waals surface area contributed by atoms with E-state index in [2.05, 4.69) is 25.8 Å². The Balaban J connectivity index is 0.831. The van der Waals surface area contributed by atoms with Crippen molar-refractivity contribution in [2.75, 3.05) is 71.0 Å². The van der Waals surface area contributed by atoms with E-state index in [-0.39, 0.29) is 99.5 Å². The van der Waals surface area contributed by atoms with Crippen molar-refractivity contribution < 1.29 is 55.7 Å². The molecule has 0 bridgehead atoms. The number of fused-ring (bicyclic) bond motifs is 4. The van der Waals surface area contributed by atoms with Gasteiger partial charge in [-0.1, -0.05) is 97.1 Å². The Morgan fingerprint density at radius 3 is 2.15 bits per heavy atom. The first-order chi connectivity index (χ1) is 38.8. The normalized spacial score (nSPS) is 13.3. The molecule has 5 amide bonds. The molecule has 3 N–H and O–H groups in total. The van der Waals surface area contributed by atoms with Gasteiger partial charge >= 0.3 is 18.4 Å². The monoisotopic (exact) mass is 1110 g/mol. The number of carbonyl (C=O) groups excluding carboxylic acids is 5. The minimum Gasteiger partial charge on any atom is -0.448 e. The molecule has 0 spiro atoms. The van der Waals surface area contributed by atoms with Gasteiger partial charge in [0.25, 0.3) is 17.4 Å². The fourth-order valence-electron chi connectivity index (χ4n) is 9.86. The molecule has 2 aromatic heterocycles. The van der Waals surface area contributed by atoms with Gasteiger partial charge in [-0.3, -0.25) is 29.4 Å². The summed E-state index contributed by atoms with van der Waals surface area (Å²) in [5, 5.41) is 13.0. The summed E-state index contributed by atoms with van der Waals surface area (Å²) < 4.78 is 72.2. The van der Waals surface area contributed by atoms with Crippen molar-refractivity contribution in [2.24, 2.45) is 0 Å². The lowest BCUT2D eigenvalue weighted by Crippen LogP contribution is -2.53. The van der Waals surface area contributed by atoms with Gasteiger partial charge in [-0.25, -0.2) is 24.1 Å². The topological polar surface area (TPSA) is 205 Å². The summed E-state index contributed by atoms with van der Waals surface area (Å²) in [6.07, 6.45) is -5.75. The van der Waals surface area contributed by atoms with Gasteiger partial charge in [0.15, 0.2) is 5.69 Å². The van der Waals surface area contributed by atoms with Gasteiger partial charge in [-0.05, 0) is 84.0 Å². The molecular formula is C60H58F4N8O9. The van der Waals surface area contributed by atoms with Gasteiger partial charge < -0.3 is 29.3 Å². The molecule has 2 aliphatic rings. The molecule has 0 saturated carbocycles. The second-order valence-corrected chi connectivity index (χ2v) is 20.5. The summed E-state index contributed by atoms with van der Waals surface area (Å²) in [7, 11) is 0. The number of piperazine rings is 1. The fraction of sp³-hybridized carbons (Fsp3) is 0.300. The van der Waals surface area contributed by atoms with E-state index in [1.807, 2.05) is 48.5 Å². The number of benzene rings is 5. The van der Waals surface area contributed by atoms with E-state index in [1.165, 1.54) is 57.3 Å². The summed E-state index contributed by atoms with van der Waals surface area (Å²) >= 11 is 0. The number of carbonyl (C=O) groups is 5. The SMILES string of the molecule is CC(C)(C)OC(=O)Nc1cc(-c2cccc(CC(F)(F)F)c2)cnc1C(=O)NCCOCCN(CC(=O)N1CCN(C(=O)c2cc(Cc3n[nH]c(=O)c4ccccc34)ccc2F)CC1)C(=O)OCC1c2ccccc2-c2ccccc21. The smallest absolute Gasteiger partial charge is 0.412 e. The standard InChI is InChI=1S/C60H58F4N8O9/c1-59(2,3)81-57(77)67-51-32-40(39-12-10-11-38(29-39)33-60(62,63)64)34-66-53(51)55(75)65-21-27-79-28-26-72(58(78)80-36-48-43-15-6-4-13-41(43)42-14-5-7-16-44(42)48)35-52(73)70-22-24-71(25-23-70)56(76)47-30-37(19-20-49(47)61)31-50-45-17-8-9-18-46(45)54(74)69-68-50/h4-20,29-30,32,34,48H,21-28,31,33,35-36H2,1-3H3,(H,65,75)(H,67,77)(H,69,74). The average molecular weight is 1110 g/mol. The highest BCUT2D eigenvalue weighted by atomic mass is 19.4. The number of amides is 5. The molecular weight excluding hydrogens is 1050 g/mol. The molecule has 7 aromatic rings. The van der Waals surface area contributed by atoms with Crippen LogP contribution in [-0.2, 0) is 31.8 Å². The first-order valence-electron chi connectivity index (χ1n) is 26.2. The van der Waals surface area contributed by atoms with Gasteiger partial charge in [-0.15, -0.1) is 0 Å². The van der Waals surface area contributed by atoms with Crippen LogP contribution >= 0.6 is 0 Å². The van der Waals surface area contributed by atoms with Crippen LogP contribution in [0.2, 0.25) is 0 Å². The number of hydrogen-bond acceptors (Lipinski definition) is 11. The predicted octanol–water partition coefficient (Wildman–Crippen LogP) is 9.15. The zero-order valence-corrected chi connectivity index (χ0v) is 44.6. The Morgan fingerprint density at radius 2 is 1.44 bits per heavy atom. The third kappa shape index (κ3) is 14.1. The molecule has 1 fully saturated rings. The van der Waals surface area contributed by atoms with Crippen molar-refractivity contribution in [3.8, 4) is 22.3 Å². The number of nitrogens with one attached hydrogen (secondary N) is 3. The van der Waals surface area contributed by atoms with Crippen molar-refractivity contribution in [1.29, 1.82) is 0 Å². The molecule has 21 heteroatoms. The van der Waals surface area contributed by atoms with Crippen molar-refractivity contribution in [3.63, 3.8) is 0 Å². The van der Waals surface area contributed by atoms with Gasteiger partial charge in [0.1, 0.15) is 24.6 Å². The number of anilines is 1. The lowest BCUT2D eigenvalue weighted by atomic mass is 9.98. The second-order valence-electron chi connectivity index (χ2n) is 20.5. The molecule has 0 radical (unpaired) electrons. The maximum Gasteiger partial charge on any atom is 0.412 e. The molecule has 0 atom stereocenters. The molecule has 17 nitrogen and oxygen atoms in total. The van der Waals surface area contributed by atoms with Crippen LogP contribution in [0, 0.1) is 5.82 Å². The zero-order chi connectivity index (χ0) is 57.4. The zero-order valence-electron chi connectivity index (χ0n) is 44.6. The number of nitrogens with zero attached hydrogens (tertiary/aromatic N) is 5. The molecule has 1 aliphatic heterocycles. The van der Waals surface area contributed by atoms with Crippen molar-refractivity contribution >= 4 is 46.4 Å². The lowest BCUT2D eigenvalue weighted by molar-refractivity contribution is -0.133. The fourth-order valence-corrected chi connectivity index (χ4v) is 9.86. The highest BCUT2D eigenvalue weighted by molar-refractivity contribution is 6.02. The van der Waals surface area contributed by atoms with E-state index in [9.17, 15) is 41.9 Å². The Kier molecular flexibility index (Phi) is 17.2. The Bertz CT molecular complexity index is 3510. The number of hydrogen-bond donors (Lipinski definition) is 3. The van der Waals surface area contributed by atoms with Crippen LogP contribution in [0.25, 0.3) is 33.0 Å². The number of ether oxygens (including phenoxy) is 3. The van der Waals surface area contributed by atoms with Gasteiger partial charge in [0, 0.05) is 68.8 Å². The second kappa shape index (κ2) is 24.6. The largest absolute Gasteiger partial charge is 0.448 e. The molecule has 81 heavy (non-hydrogen) atoms. The van der Waals surface area contributed by atoms with Crippen LogP contribution in [0.1, 0.15) is 75.5 Å². The number of H-pyrrole nitrogens is 1. The Hall–Kier alpha value is -8.98. The maximum atomic E-state index is 15.3. The number of rotatable bonds is 17. The van der Waals surface area contributed by atoms with E-state index in [0.29, 0.717) is 33.2 Å². The first-order valence-corrected chi connectivity index (χ1v) is 26.2. The maximum absolute atomic E-state index is 15.3. The lowest BCUT2D eigenvalue weighted by Gasteiger charge is -2.36. The minimum atomic E-state index is -4.44. The highest BCUT2D eigenvalue weighted by Gasteiger charge is 2.33. The number of aromatic nitrogens is 3. The highest BCUT2D eigenvalue weighted by Crippen LogP contribution is 2.44. The summed E-state index contributed by atoms with van der Waals surface area (Å²) in [6.45, 7) is 4.52. The van der Waals surface area contributed by atoms with Crippen LogP contribution in [0.3, 0.4) is 0 Å².